The first kappa shape index (κ1) is 15.6. The maximum atomic E-state index is 12.6. The largest absolute Gasteiger partial charge is 0.481 e. The normalized spacial score (nSPS) is 29.7. The van der Waals surface area contributed by atoms with Crippen LogP contribution in [0.15, 0.2) is 12.4 Å². The molecule has 0 spiro atoms. The van der Waals surface area contributed by atoms with Crippen molar-refractivity contribution in [3.8, 4) is 5.88 Å². The van der Waals surface area contributed by atoms with Crippen LogP contribution in [0.3, 0.4) is 0 Å². The Kier molecular flexibility index (Phi) is 4.26. The van der Waals surface area contributed by atoms with Crippen LogP contribution in [0.25, 0.3) is 0 Å². The Morgan fingerprint density at radius 1 is 1.33 bits per heavy atom. The van der Waals surface area contributed by atoms with Crippen LogP contribution in [0.1, 0.15) is 25.7 Å². The third-order valence-corrected chi connectivity index (χ3v) is 5.29. The van der Waals surface area contributed by atoms with E-state index in [1.165, 1.54) is 6.33 Å². The van der Waals surface area contributed by atoms with Crippen LogP contribution in [0.5, 0.6) is 5.88 Å². The standard InChI is InChI=1S/C17H24N4O3/c1-23-16-8-15(18-10-19-16)21-6-4-14-13(9-21)12(5-7-24-14)17(22)20-11-2-3-11/h8,10-14H,2-7,9H2,1H3,(H,20,22)/t12-,13-,14-/m0/s1. The van der Waals surface area contributed by atoms with Crippen LogP contribution >= 0.6 is 0 Å². The SMILES string of the molecule is COc1cc(N2CC[C@@H]3OCC[C@H](C(=O)NC4CC4)[C@@H]3C2)ncn1. The van der Waals surface area contributed by atoms with Crippen LogP contribution in [-0.4, -0.2) is 54.8 Å². The van der Waals surface area contributed by atoms with Crippen LogP contribution < -0.4 is 15.0 Å². The van der Waals surface area contributed by atoms with E-state index in [-0.39, 0.29) is 23.8 Å². The summed E-state index contributed by atoms with van der Waals surface area (Å²) in [4.78, 5) is 23.3. The summed E-state index contributed by atoms with van der Waals surface area (Å²) in [6.07, 6.45) is 5.67. The highest BCUT2D eigenvalue weighted by atomic mass is 16.5. The molecule has 1 saturated carbocycles. The van der Waals surface area contributed by atoms with Gasteiger partial charge in [-0.3, -0.25) is 4.79 Å². The number of methoxy groups -OCH3 is 1. The first-order valence-electron chi connectivity index (χ1n) is 8.77. The first-order valence-corrected chi connectivity index (χ1v) is 8.77. The lowest BCUT2D eigenvalue weighted by atomic mass is 9.79. The van der Waals surface area contributed by atoms with Gasteiger partial charge in [0.15, 0.2) is 0 Å². The lowest BCUT2D eigenvalue weighted by Crippen LogP contribution is -2.53. The number of hydrogen-bond acceptors (Lipinski definition) is 6. The average Bonchev–Trinajstić information content (AvgIpc) is 3.44. The number of hydrogen-bond donors (Lipinski definition) is 1. The zero-order chi connectivity index (χ0) is 16.5. The van der Waals surface area contributed by atoms with Crippen molar-refractivity contribution in [2.75, 3.05) is 31.7 Å². The quantitative estimate of drug-likeness (QED) is 0.886. The van der Waals surface area contributed by atoms with Gasteiger partial charge in [0.1, 0.15) is 12.1 Å². The number of aromatic nitrogens is 2. The Balaban J connectivity index is 1.49. The predicted molar refractivity (Wildman–Crippen MR) is 87.9 cm³/mol. The summed E-state index contributed by atoms with van der Waals surface area (Å²) in [7, 11) is 1.60. The molecule has 0 bridgehead atoms. The zero-order valence-electron chi connectivity index (χ0n) is 14.0. The van der Waals surface area contributed by atoms with Crippen LogP contribution in [-0.2, 0) is 9.53 Å². The van der Waals surface area contributed by atoms with E-state index >= 15 is 0 Å². The monoisotopic (exact) mass is 332 g/mol. The molecular weight excluding hydrogens is 308 g/mol. The number of anilines is 1. The van der Waals surface area contributed by atoms with Gasteiger partial charge in [0.25, 0.3) is 0 Å². The molecule has 3 heterocycles. The Morgan fingerprint density at radius 3 is 3.00 bits per heavy atom. The van der Waals surface area contributed by atoms with Gasteiger partial charge in [-0.1, -0.05) is 0 Å². The molecule has 1 N–H and O–H groups in total. The molecule has 0 unspecified atom stereocenters. The van der Waals surface area contributed by atoms with Crippen molar-refractivity contribution in [1.82, 2.24) is 15.3 Å². The molecule has 130 valence electrons. The zero-order valence-corrected chi connectivity index (χ0v) is 14.0. The molecule has 24 heavy (non-hydrogen) atoms. The predicted octanol–water partition coefficient (Wildman–Crippen LogP) is 0.995. The van der Waals surface area contributed by atoms with E-state index in [9.17, 15) is 4.79 Å². The summed E-state index contributed by atoms with van der Waals surface area (Å²) < 4.78 is 11.1. The van der Waals surface area contributed by atoms with E-state index in [0.29, 0.717) is 18.5 Å². The molecular formula is C17H24N4O3. The number of carbonyl (C=O) groups is 1. The number of fused-ring (bicyclic) bond motifs is 1. The van der Waals surface area contributed by atoms with Crippen LogP contribution in [0.4, 0.5) is 5.82 Å². The maximum Gasteiger partial charge on any atom is 0.223 e. The molecule has 1 aromatic heterocycles. The van der Waals surface area contributed by atoms with Gasteiger partial charge in [-0.2, -0.15) is 0 Å². The van der Waals surface area contributed by atoms with E-state index in [4.69, 9.17) is 9.47 Å². The minimum absolute atomic E-state index is 0.0379. The number of piperidine rings is 1. The number of carbonyl (C=O) groups excluding carboxylic acids is 1. The minimum Gasteiger partial charge on any atom is -0.481 e. The fourth-order valence-corrected chi connectivity index (χ4v) is 3.80. The summed E-state index contributed by atoms with van der Waals surface area (Å²) in [5.41, 5.74) is 0. The lowest BCUT2D eigenvalue weighted by Gasteiger charge is -2.44. The summed E-state index contributed by atoms with van der Waals surface area (Å²) in [5.74, 6) is 1.87. The molecule has 3 atom stereocenters. The topological polar surface area (TPSA) is 76.6 Å². The van der Waals surface area contributed by atoms with E-state index in [1.807, 2.05) is 6.07 Å². The molecule has 1 aliphatic carbocycles. The third kappa shape index (κ3) is 3.17. The second-order valence-corrected chi connectivity index (χ2v) is 6.90. The number of rotatable bonds is 4. The Bertz CT molecular complexity index is 607. The van der Waals surface area contributed by atoms with Gasteiger partial charge >= 0.3 is 0 Å². The smallest absolute Gasteiger partial charge is 0.223 e. The lowest BCUT2D eigenvalue weighted by molar-refractivity contribution is -0.137. The summed E-state index contributed by atoms with van der Waals surface area (Å²) in [5, 5.41) is 3.17. The van der Waals surface area contributed by atoms with E-state index < -0.39 is 0 Å². The third-order valence-electron chi connectivity index (χ3n) is 5.29. The molecule has 2 saturated heterocycles. The van der Waals surface area contributed by atoms with Gasteiger partial charge in [-0.15, -0.1) is 0 Å². The van der Waals surface area contributed by atoms with Crippen molar-refractivity contribution in [3.63, 3.8) is 0 Å². The first-order chi connectivity index (χ1) is 11.7. The molecule has 3 fully saturated rings. The molecule has 2 aliphatic heterocycles. The highest BCUT2D eigenvalue weighted by Gasteiger charge is 2.43. The molecule has 3 aliphatic rings. The summed E-state index contributed by atoms with van der Waals surface area (Å²) in [6.45, 7) is 2.34. The van der Waals surface area contributed by atoms with Crippen molar-refractivity contribution < 1.29 is 14.3 Å². The maximum absolute atomic E-state index is 12.6. The second kappa shape index (κ2) is 6.55. The van der Waals surface area contributed by atoms with Gasteiger partial charge in [0, 0.05) is 43.6 Å². The Hall–Kier alpha value is -1.89. The molecule has 7 nitrogen and oxygen atoms in total. The Morgan fingerprint density at radius 2 is 2.21 bits per heavy atom. The second-order valence-electron chi connectivity index (χ2n) is 6.90. The fraction of sp³-hybridized carbons (Fsp3) is 0.706. The molecule has 7 heteroatoms. The number of amides is 1. The van der Waals surface area contributed by atoms with Crippen molar-refractivity contribution in [2.45, 2.75) is 37.8 Å². The van der Waals surface area contributed by atoms with Gasteiger partial charge in [0.05, 0.1) is 13.2 Å². The van der Waals surface area contributed by atoms with Gasteiger partial charge in [-0.25, -0.2) is 9.97 Å². The highest BCUT2D eigenvalue weighted by Crippen LogP contribution is 2.35. The number of ether oxygens (including phenoxy) is 2. The molecule has 0 radical (unpaired) electrons. The van der Waals surface area contributed by atoms with E-state index in [1.54, 1.807) is 7.11 Å². The van der Waals surface area contributed by atoms with Crippen molar-refractivity contribution >= 4 is 11.7 Å². The summed E-state index contributed by atoms with van der Waals surface area (Å²) >= 11 is 0. The van der Waals surface area contributed by atoms with E-state index in [2.05, 4.69) is 20.2 Å². The van der Waals surface area contributed by atoms with Crippen molar-refractivity contribution in [1.29, 1.82) is 0 Å². The fourth-order valence-electron chi connectivity index (χ4n) is 3.80. The average molecular weight is 332 g/mol. The molecule has 1 aromatic rings. The van der Waals surface area contributed by atoms with Crippen molar-refractivity contribution in [2.24, 2.45) is 11.8 Å². The van der Waals surface area contributed by atoms with Gasteiger partial charge in [-0.05, 0) is 25.7 Å². The van der Waals surface area contributed by atoms with E-state index in [0.717, 1.165) is 44.6 Å². The minimum atomic E-state index is 0.0379. The van der Waals surface area contributed by atoms with Gasteiger partial charge in [0.2, 0.25) is 11.8 Å². The highest BCUT2D eigenvalue weighted by molar-refractivity contribution is 5.80. The van der Waals surface area contributed by atoms with Gasteiger partial charge < -0.3 is 19.7 Å². The van der Waals surface area contributed by atoms with Crippen molar-refractivity contribution in [3.05, 3.63) is 12.4 Å². The number of nitrogens with one attached hydrogen (secondary N) is 1. The Labute approximate surface area is 141 Å². The molecule has 4 rings (SSSR count). The van der Waals surface area contributed by atoms with Crippen LogP contribution in [0.2, 0.25) is 0 Å². The summed E-state index contributed by atoms with van der Waals surface area (Å²) in [6, 6.07) is 2.26. The van der Waals surface area contributed by atoms with Crippen LogP contribution in [0, 0.1) is 11.8 Å². The molecule has 0 aromatic carbocycles. The number of nitrogens with zero attached hydrogens (tertiary/aromatic N) is 3. The molecule has 1 amide bonds.